The van der Waals surface area contributed by atoms with Crippen molar-refractivity contribution in [1.82, 2.24) is 39.5 Å². The van der Waals surface area contributed by atoms with Gasteiger partial charge in [0.05, 0.1) is 6.54 Å². The Morgan fingerprint density at radius 1 is 1.20 bits per heavy atom. The van der Waals surface area contributed by atoms with Crippen LogP contribution >= 0.6 is 0 Å². The quantitative estimate of drug-likeness (QED) is 0.643. The molecule has 0 amide bonds. The molecule has 2 fully saturated rings. The molecule has 4 heterocycles. The second-order valence-corrected chi connectivity index (χ2v) is 6.99. The smallest absolute Gasteiger partial charge is 0.178 e. The number of likely N-dealkylation sites (N-methyl/N-ethyl adjacent to an activating group) is 1. The van der Waals surface area contributed by atoms with E-state index < -0.39 is 0 Å². The predicted octanol–water partition coefficient (Wildman–Crippen LogP) is 0.414. The van der Waals surface area contributed by atoms with E-state index in [1.807, 2.05) is 21.3 Å². The first-order valence-electron chi connectivity index (χ1n) is 8.78. The minimum absolute atomic E-state index is 0.546. The van der Waals surface area contributed by atoms with Crippen molar-refractivity contribution in [3.05, 3.63) is 30.6 Å². The molecule has 0 bridgehead atoms. The molecule has 9 heteroatoms. The fourth-order valence-corrected chi connectivity index (χ4v) is 3.27. The van der Waals surface area contributed by atoms with Crippen LogP contribution in [0.2, 0.25) is 0 Å². The lowest BCUT2D eigenvalue weighted by Gasteiger charge is -2.44. The molecule has 0 aromatic carbocycles. The number of hydrogen-bond donors (Lipinski definition) is 0. The van der Waals surface area contributed by atoms with Gasteiger partial charge in [-0.15, -0.1) is 15.3 Å². The van der Waals surface area contributed by atoms with E-state index in [2.05, 4.69) is 37.1 Å². The standard InChI is InChI=1S/C16H21N9/c1-22(6-7-24-11-17-10-18-24)13-8-23(9-13)15-5-4-14-19-20-16(12-2-3-12)25(14)21-15/h4-5,10-13H,2-3,6-9H2,1H3. The molecule has 1 saturated heterocycles. The van der Waals surface area contributed by atoms with Gasteiger partial charge in [-0.25, -0.2) is 4.98 Å². The predicted molar refractivity (Wildman–Crippen MR) is 91.4 cm³/mol. The fraction of sp³-hybridized carbons (Fsp3) is 0.562. The van der Waals surface area contributed by atoms with Gasteiger partial charge in [0.2, 0.25) is 0 Å². The van der Waals surface area contributed by atoms with E-state index in [1.165, 1.54) is 12.8 Å². The zero-order valence-corrected chi connectivity index (χ0v) is 14.2. The molecule has 1 aliphatic heterocycles. The van der Waals surface area contributed by atoms with E-state index >= 15 is 0 Å². The number of anilines is 1. The number of fused-ring (bicyclic) bond motifs is 1. The molecule has 0 spiro atoms. The summed E-state index contributed by atoms with van der Waals surface area (Å²) in [6, 6.07) is 4.61. The van der Waals surface area contributed by atoms with Crippen molar-refractivity contribution >= 4 is 11.5 Å². The van der Waals surface area contributed by atoms with Crippen LogP contribution in [0.1, 0.15) is 24.6 Å². The molecule has 130 valence electrons. The molecule has 5 rings (SSSR count). The van der Waals surface area contributed by atoms with Crippen LogP contribution in [0.15, 0.2) is 24.8 Å². The first-order valence-corrected chi connectivity index (χ1v) is 8.78. The van der Waals surface area contributed by atoms with Crippen LogP contribution in [0.4, 0.5) is 5.82 Å². The maximum atomic E-state index is 4.78. The van der Waals surface area contributed by atoms with Gasteiger partial charge in [-0.3, -0.25) is 9.58 Å². The highest BCUT2D eigenvalue weighted by Gasteiger charge is 2.32. The second-order valence-electron chi connectivity index (χ2n) is 6.99. The van der Waals surface area contributed by atoms with E-state index in [4.69, 9.17) is 5.10 Å². The molecule has 0 radical (unpaired) electrons. The Morgan fingerprint density at radius 3 is 2.84 bits per heavy atom. The third-order valence-corrected chi connectivity index (χ3v) is 5.17. The molecule has 2 aliphatic rings. The molecule has 1 saturated carbocycles. The average Bonchev–Trinajstić information content (AvgIpc) is 3.13. The van der Waals surface area contributed by atoms with Gasteiger partial charge in [-0.1, -0.05) is 0 Å². The maximum absolute atomic E-state index is 4.78. The van der Waals surface area contributed by atoms with Gasteiger partial charge < -0.3 is 4.90 Å². The summed E-state index contributed by atoms with van der Waals surface area (Å²) in [5.41, 5.74) is 0.840. The van der Waals surface area contributed by atoms with Crippen molar-refractivity contribution in [1.29, 1.82) is 0 Å². The third-order valence-electron chi connectivity index (χ3n) is 5.17. The van der Waals surface area contributed by atoms with Crippen LogP contribution in [-0.2, 0) is 6.54 Å². The summed E-state index contributed by atoms with van der Waals surface area (Å²) in [6.45, 7) is 3.81. The molecular formula is C16H21N9. The van der Waals surface area contributed by atoms with Crippen LogP contribution in [0.3, 0.4) is 0 Å². The highest BCUT2D eigenvalue weighted by molar-refractivity contribution is 5.48. The van der Waals surface area contributed by atoms with Crippen LogP contribution < -0.4 is 4.90 Å². The molecule has 9 nitrogen and oxygen atoms in total. The van der Waals surface area contributed by atoms with E-state index in [9.17, 15) is 0 Å². The maximum Gasteiger partial charge on any atom is 0.178 e. The minimum atomic E-state index is 0.546. The average molecular weight is 339 g/mol. The lowest BCUT2D eigenvalue weighted by Crippen LogP contribution is -2.59. The first-order chi connectivity index (χ1) is 12.3. The van der Waals surface area contributed by atoms with E-state index in [0.29, 0.717) is 12.0 Å². The first kappa shape index (κ1) is 14.8. The van der Waals surface area contributed by atoms with Crippen molar-refractivity contribution in [2.45, 2.75) is 31.3 Å². The van der Waals surface area contributed by atoms with Crippen molar-refractivity contribution < 1.29 is 0 Å². The Kier molecular flexibility index (Phi) is 3.40. The Bertz CT molecular complexity index is 861. The van der Waals surface area contributed by atoms with Gasteiger partial charge in [0.1, 0.15) is 18.5 Å². The largest absolute Gasteiger partial charge is 0.352 e. The van der Waals surface area contributed by atoms with E-state index in [-0.39, 0.29) is 0 Å². The van der Waals surface area contributed by atoms with Crippen LogP contribution in [0.25, 0.3) is 5.65 Å². The molecule has 3 aromatic heterocycles. The highest BCUT2D eigenvalue weighted by Crippen LogP contribution is 2.38. The third kappa shape index (κ3) is 2.74. The van der Waals surface area contributed by atoms with Gasteiger partial charge in [-0.05, 0) is 32.0 Å². The summed E-state index contributed by atoms with van der Waals surface area (Å²) in [6.07, 6.45) is 5.74. The zero-order chi connectivity index (χ0) is 16.8. The number of hydrogen-bond acceptors (Lipinski definition) is 7. The van der Waals surface area contributed by atoms with Gasteiger partial charge in [0, 0.05) is 31.6 Å². The van der Waals surface area contributed by atoms with Crippen molar-refractivity contribution in [3.8, 4) is 0 Å². The molecule has 0 atom stereocenters. The normalized spacial score (nSPS) is 18.2. The Morgan fingerprint density at radius 2 is 2.08 bits per heavy atom. The summed E-state index contributed by atoms with van der Waals surface area (Å²) in [5.74, 6) is 2.57. The summed E-state index contributed by atoms with van der Waals surface area (Å²) in [4.78, 5) is 8.67. The summed E-state index contributed by atoms with van der Waals surface area (Å²) in [5, 5.41) is 17.5. The van der Waals surface area contributed by atoms with Gasteiger partial charge in [-0.2, -0.15) is 9.61 Å². The molecular weight excluding hydrogens is 318 g/mol. The molecule has 1 aliphatic carbocycles. The van der Waals surface area contributed by atoms with Crippen LogP contribution in [-0.4, -0.2) is 72.2 Å². The fourth-order valence-electron chi connectivity index (χ4n) is 3.27. The van der Waals surface area contributed by atoms with Crippen molar-refractivity contribution in [2.75, 3.05) is 31.6 Å². The van der Waals surface area contributed by atoms with E-state index in [1.54, 1.807) is 12.7 Å². The lowest BCUT2D eigenvalue weighted by atomic mass is 10.1. The highest BCUT2D eigenvalue weighted by atomic mass is 15.4. The SMILES string of the molecule is CN(CCn1cncn1)C1CN(c2ccc3nnc(C4CC4)n3n2)C1. The molecule has 0 unspecified atom stereocenters. The molecule has 0 N–H and O–H groups in total. The van der Waals surface area contributed by atoms with Gasteiger partial charge >= 0.3 is 0 Å². The second kappa shape index (κ2) is 5.76. The molecule has 3 aromatic rings. The number of nitrogens with zero attached hydrogens (tertiary/aromatic N) is 9. The van der Waals surface area contributed by atoms with E-state index in [0.717, 1.165) is 43.5 Å². The minimum Gasteiger partial charge on any atom is -0.352 e. The van der Waals surface area contributed by atoms with Crippen LogP contribution in [0, 0.1) is 0 Å². The summed E-state index contributed by atoms with van der Waals surface area (Å²) in [7, 11) is 2.17. The Hall–Kier alpha value is -2.55. The summed E-state index contributed by atoms with van der Waals surface area (Å²) >= 11 is 0. The monoisotopic (exact) mass is 339 g/mol. The van der Waals surface area contributed by atoms with Crippen molar-refractivity contribution in [3.63, 3.8) is 0 Å². The van der Waals surface area contributed by atoms with Gasteiger partial charge in [0.25, 0.3) is 0 Å². The zero-order valence-electron chi connectivity index (χ0n) is 14.2. The summed E-state index contributed by atoms with van der Waals surface area (Å²) < 4.78 is 3.79. The van der Waals surface area contributed by atoms with Crippen molar-refractivity contribution in [2.24, 2.45) is 0 Å². The Balaban J connectivity index is 1.22. The topological polar surface area (TPSA) is 80.3 Å². The molecule has 25 heavy (non-hydrogen) atoms. The number of rotatable bonds is 6. The van der Waals surface area contributed by atoms with Gasteiger partial charge in [0.15, 0.2) is 11.5 Å². The number of aromatic nitrogens is 7. The van der Waals surface area contributed by atoms with Crippen LogP contribution in [0.5, 0.6) is 0 Å². The Labute approximate surface area is 145 Å². The lowest BCUT2D eigenvalue weighted by molar-refractivity contribution is 0.195.